The molecule has 0 amide bonds. The van der Waals surface area contributed by atoms with Crippen molar-refractivity contribution in [2.24, 2.45) is 0 Å². The highest BCUT2D eigenvalue weighted by atomic mass is 28.3. The Morgan fingerprint density at radius 1 is 0.234 bits per heavy atom. The molecule has 12 aromatic carbocycles. The van der Waals surface area contributed by atoms with Gasteiger partial charge in [0.2, 0.25) is 0 Å². The molecule has 0 heterocycles. The summed E-state index contributed by atoms with van der Waals surface area (Å²) in [6.45, 7) is 14.6. The number of benzene rings is 12. The van der Waals surface area contributed by atoms with Crippen LogP contribution in [0.25, 0.3) is 120 Å². The average molecular weight is 851 g/mol. The molecule has 64 heavy (non-hydrogen) atoms. The van der Waals surface area contributed by atoms with Crippen LogP contribution in [0.5, 0.6) is 0 Å². The minimum absolute atomic E-state index is 1.26. The lowest BCUT2D eigenvalue weighted by molar-refractivity contribution is 1.64. The Morgan fingerprint density at radius 3 is 0.891 bits per heavy atom. The summed E-state index contributed by atoms with van der Waals surface area (Å²) in [5.74, 6) is 0. The molecule has 0 unspecified atom stereocenters. The third-order valence-electron chi connectivity index (χ3n) is 14.1. The zero-order chi connectivity index (χ0) is 43.5. The van der Waals surface area contributed by atoms with Crippen molar-refractivity contribution in [3.8, 4) is 44.5 Å². The van der Waals surface area contributed by atoms with Gasteiger partial charge in [-0.15, -0.1) is 0 Å². The highest BCUT2D eigenvalue weighted by molar-refractivity contribution is 6.89. The highest BCUT2D eigenvalue weighted by Crippen LogP contribution is 2.50. The number of rotatable bonds is 6. The monoisotopic (exact) mass is 850 g/mol. The maximum Gasteiger partial charge on any atom is 0.0775 e. The molecular weight excluding hydrogens is 801 g/mol. The molecule has 0 N–H and O–H groups in total. The van der Waals surface area contributed by atoms with Gasteiger partial charge in [0.15, 0.2) is 0 Å². The Kier molecular flexibility index (Phi) is 8.69. The van der Waals surface area contributed by atoms with Crippen LogP contribution in [-0.2, 0) is 0 Å². The van der Waals surface area contributed by atoms with Crippen molar-refractivity contribution in [3.05, 3.63) is 194 Å². The zero-order valence-electron chi connectivity index (χ0n) is 37.5. The maximum atomic E-state index is 2.51. The molecule has 0 aliphatic heterocycles. The summed E-state index contributed by atoms with van der Waals surface area (Å²) >= 11 is 0. The van der Waals surface area contributed by atoms with Gasteiger partial charge in [-0.2, -0.15) is 0 Å². The van der Waals surface area contributed by atoms with E-state index < -0.39 is 16.1 Å². The summed E-state index contributed by atoms with van der Waals surface area (Å²) in [5.41, 5.74) is 10.2. The van der Waals surface area contributed by atoms with E-state index in [1.165, 1.54) is 130 Å². The second-order valence-electron chi connectivity index (χ2n) is 20.1. The molecule has 0 aliphatic carbocycles. The molecule has 0 spiro atoms. The molecule has 306 valence electrons. The van der Waals surface area contributed by atoms with Gasteiger partial charge in [-0.25, -0.2) is 0 Å². The van der Waals surface area contributed by atoms with E-state index in [-0.39, 0.29) is 0 Å². The van der Waals surface area contributed by atoms with E-state index in [0.29, 0.717) is 0 Å². The van der Waals surface area contributed by atoms with E-state index in [2.05, 4.69) is 233 Å². The van der Waals surface area contributed by atoms with Gasteiger partial charge >= 0.3 is 0 Å². The quantitative estimate of drug-likeness (QED) is 0.115. The van der Waals surface area contributed by atoms with Gasteiger partial charge in [-0.1, -0.05) is 220 Å². The van der Waals surface area contributed by atoms with Crippen molar-refractivity contribution in [2.45, 2.75) is 39.3 Å². The third kappa shape index (κ3) is 6.08. The fourth-order valence-electron chi connectivity index (χ4n) is 10.8. The Bertz CT molecular complexity index is 3570. The summed E-state index contributed by atoms with van der Waals surface area (Å²) in [6, 6.07) is 74.6. The molecule has 0 saturated heterocycles. The fraction of sp³-hybridized carbons (Fsp3) is 0.0968. The van der Waals surface area contributed by atoms with Gasteiger partial charge in [0.25, 0.3) is 0 Å². The summed E-state index contributed by atoms with van der Waals surface area (Å²) in [7, 11) is -3.02. The third-order valence-corrected chi connectivity index (χ3v) is 18.3. The van der Waals surface area contributed by atoms with Crippen molar-refractivity contribution in [2.75, 3.05) is 0 Å². The van der Waals surface area contributed by atoms with Crippen molar-refractivity contribution >= 4 is 102 Å². The Morgan fingerprint density at radius 2 is 0.531 bits per heavy atom. The molecular formula is C62H50Si2. The molecule has 0 aliphatic rings. The first-order valence-corrected chi connectivity index (χ1v) is 29.8. The second kappa shape index (κ2) is 14.3. The predicted octanol–water partition coefficient (Wildman–Crippen LogP) is 17.0. The van der Waals surface area contributed by atoms with Gasteiger partial charge < -0.3 is 0 Å². The molecule has 12 aromatic rings. The van der Waals surface area contributed by atoms with E-state index in [1.54, 1.807) is 0 Å². The number of fused-ring (bicyclic) bond motifs is 6. The minimum atomic E-state index is -1.51. The topological polar surface area (TPSA) is 0 Å². The van der Waals surface area contributed by atoms with Crippen LogP contribution in [0.1, 0.15) is 0 Å². The first kappa shape index (κ1) is 38.8. The largest absolute Gasteiger partial charge is 0.0775 e. The maximum absolute atomic E-state index is 2.51. The minimum Gasteiger partial charge on any atom is -0.0656 e. The molecule has 12 rings (SSSR count). The van der Waals surface area contributed by atoms with Crippen molar-refractivity contribution < 1.29 is 0 Å². The van der Waals surface area contributed by atoms with Crippen LogP contribution in [-0.4, -0.2) is 16.1 Å². The summed E-state index contributed by atoms with van der Waals surface area (Å²) in [5, 5.41) is 21.0. The van der Waals surface area contributed by atoms with Crippen molar-refractivity contribution in [1.29, 1.82) is 0 Å². The van der Waals surface area contributed by atoms with Gasteiger partial charge in [-0.05, 0) is 144 Å². The average Bonchev–Trinajstić information content (AvgIpc) is 3.32. The molecule has 0 atom stereocenters. The molecule has 0 bridgehead atoms. The van der Waals surface area contributed by atoms with Gasteiger partial charge in [0, 0.05) is 0 Å². The van der Waals surface area contributed by atoms with E-state index in [1.807, 2.05) is 0 Å². The highest BCUT2D eigenvalue weighted by Gasteiger charge is 2.24. The number of hydrogen-bond acceptors (Lipinski definition) is 0. The normalized spacial score (nSPS) is 12.5. The molecule has 2 heteroatoms. The van der Waals surface area contributed by atoms with Gasteiger partial charge in [-0.3, -0.25) is 0 Å². The van der Waals surface area contributed by atoms with E-state index >= 15 is 0 Å². The fourth-order valence-corrected chi connectivity index (χ4v) is 13.1. The standard InChI is InChI=1S/C62H50Si2/c1-63(2,3)43-27-23-39(24-28-43)55-37-59(57-35-41-15-7-9-17-45(41)47-19-11-13-21-49(47)57)53-34-32-52-56(40-25-29-44(30-26-40)64(4,5)6)38-60(54-33-31-51(55)61(53)62(52)54)58-36-42-16-8-10-18-46(42)48-20-12-14-22-50(48)58/h7-38H,1-6H3. The lowest BCUT2D eigenvalue weighted by atomic mass is 9.80. The van der Waals surface area contributed by atoms with Gasteiger partial charge in [0.05, 0.1) is 16.1 Å². The van der Waals surface area contributed by atoms with Crippen LogP contribution in [0.2, 0.25) is 39.3 Å². The summed E-state index contributed by atoms with van der Waals surface area (Å²) in [6.07, 6.45) is 0. The predicted molar refractivity (Wildman–Crippen MR) is 288 cm³/mol. The molecule has 0 aromatic heterocycles. The van der Waals surface area contributed by atoms with Crippen LogP contribution in [0.3, 0.4) is 0 Å². The van der Waals surface area contributed by atoms with E-state index in [0.717, 1.165) is 0 Å². The first-order chi connectivity index (χ1) is 31.0. The van der Waals surface area contributed by atoms with Crippen LogP contribution in [0.15, 0.2) is 194 Å². The Balaban J connectivity index is 1.26. The molecule has 0 saturated carbocycles. The van der Waals surface area contributed by atoms with Crippen LogP contribution < -0.4 is 10.4 Å². The van der Waals surface area contributed by atoms with Crippen LogP contribution >= 0.6 is 0 Å². The van der Waals surface area contributed by atoms with Crippen LogP contribution in [0, 0.1) is 0 Å². The Hall–Kier alpha value is -6.85. The molecule has 0 nitrogen and oxygen atoms in total. The SMILES string of the molecule is C[Si](C)(C)c1ccc(-c2cc(-c3cc4ccccc4c4ccccc34)c3ccc4c(-c5ccc([Si](C)(C)C)cc5)cc(-c5cc6ccccc6c6ccccc56)c5ccc2c3c45)cc1. The number of hydrogen-bond donors (Lipinski definition) is 0. The lowest BCUT2D eigenvalue weighted by Gasteiger charge is -2.23. The van der Waals surface area contributed by atoms with Crippen molar-refractivity contribution in [3.63, 3.8) is 0 Å². The Labute approximate surface area is 377 Å². The van der Waals surface area contributed by atoms with Gasteiger partial charge in [0.1, 0.15) is 0 Å². The second-order valence-corrected chi connectivity index (χ2v) is 30.2. The summed E-state index contributed by atoms with van der Waals surface area (Å²) < 4.78 is 0. The van der Waals surface area contributed by atoms with Crippen LogP contribution in [0.4, 0.5) is 0 Å². The smallest absolute Gasteiger partial charge is 0.0656 e. The van der Waals surface area contributed by atoms with E-state index in [4.69, 9.17) is 0 Å². The summed E-state index contributed by atoms with van der Waals surface area (Å²) in [4.78, 5) is 0. The lowest BCUT2D eigenvalue weighted by Crippen LogP contribution is -2.37. The first-order valence-electron chi connectivity index (χ1n) is 22.8. The van der Waals surface area contributed by atoms with E-state index in [9.17, 15) is 0 Å². The zero-order valence-corrected chi connectivity index (χ0v) is 39.5. The molecule has 0 fully saturated rings. The molecule has 0 radical (unpaired) electrons. The van der Waals surface area contributed by atoms with Crippen molar-refractivity contribution in [1.82, 2.24) is 0 Å².